The summed E-state index contributed by atoms with van der Waals surface area (Å²) in [6.07, 6.45) is 4.95. The van der Waals surface area contributed by atoms with Crippen LogP contribution in [0, 0.1) is 6.92 Å². The van der Waals surface area contributed by atoms with Crippen LogP contribution in [0.4, 0.5) is 0 Å². The van der Waals surface area contributed by atoms with E-state index in [2.05, 4.69) is 6.08 Å². The molecule has 2 aromatic rings. The summed E-state index contributed by atoms with van der Waals surface area (Å²) in [6, 6.07) is 9.31. The molecule has 1 heterocycles. The second-order valence-electron chi connectivity index (χ2n) is 6.54. The van der Waals surface area contributed by atoms with Gasteiger partial charge in [0.2, 0.25) is 0 Å². The van der Waals surface area contributed by atoms with Gasteiger partial charge in [0.05, 0.1) is 23.6 Å². The Labute approximate surface area is 159 Å². The van der Waals surface area contributed by atoms with E-state index in [1.165, 1.54) is 6.92 Å². The molecule has 0 saturated carbocycles. The Morgan fingerprint density at radius 3 is 2.59 bits per heavy atom. The number of carbonyl (C=O) groups is 2. The lowest BCUT2D eigenvalue weighted by atomic mass is 9.89. The smallest absolute Gasteiger partial charge is 0.339 e. The van der Waals surface area contributed by atoms with Crippen LogP contribution in [-0.2, 0) is 16.0 Å². The van der Waals surface area contributed by atoms with Crippen LogP contribution in [0.5, 0.6) is 5.75 Å². The van der Waals surface area contributed by atoms with Crippen LogP contribution in [0.1, 0.15) is 59.6 Å². The van der Waals surface area contributed by atoms with Gasteiger partial charge < -0.3 is 9.47 Å². The highest BCUT2D eigenvalue weighted by molar-refractivity contribution is 5.92. The average molecular weight is 365 g/mol. The van der Waals surface area contributed by atoms with Gasteiger partial charge in [-0.15, -0.1) is 0 Å². The van der Waals surface area contributed by atoms with Gasteiger partial charge in [-0.25, -0.2) is 4.79 Å². The third kappa shape index (κ3) is 4.42. The number of hydrogen-bond donors (Lipinski definition) is 0. The van der Waals surface area contributed by atoms with Crippen molar-refractivity contribution in [2.24, 2.45) is 0 Å². The van der Waals surface area contributed by atoms with E-state index in [9.17, 15) is 9.59 Å². The first-order valence-electron chi connectivity index (χ1n) is 9.15. The van der Waals surface area contributed by atoms with Crippen LogP contribution in [-0.4, -0.2) is 23.5 Å². The molecule has 0 aliphatic heterocycles. The second-order valence-corrected chi connectivity index (χ2v) is 6.54. The molecule has 5 heteroatoms. The first kappa shape index (κ1) is 18.8. The van der Waals surface area contributed by atoms with Gasteiger partial charge in [0, 0.05) is 6.92 Å². The molecule has 0 saturated heterocycles. The summed E-state index contributed by atoms with van der Waals surface area (Å²) in [7, 11) is 0. The molecule has 0 fully saturated rings. The molecule has 3 rings (SSSR count). The lowest BCUT2D eigenvalue weighted by molar-refractivity contribution is -0.131. The Kier molecular flexibility index (Phi) is 5.69. The fourth-order valence-electron chi connectivity index (χ4n) is 3.26. The predicted molar refractivity (Wildman–Crippen MR) is 103 cm³/mol. The third-order valence-electron chi connectivity index (χ3n) is 4.47. The van der Waals surface area contributed by atoms with Gasteiger partial charge in [-0.2, -0.15) is 0 Å². The number of nitrogens with zero attached hydrogens (tertiary/aromatic N) is 1. The molecule has 0 unspecified atom stereocenters. The molecule has 0 spiro atoms. The zero-order valence-corrected chi connectivity index (χ0v) is 15.9. The Morgan fingerprint density at radius 2 is 1.93 bits per heavy atom. The van der Waals surface area contributed by atoms with Gasteiger partial charge in [-0.05, 0) is 74.1 Å². The van der Waals surface area contributed by atoms with Crippen molar-refractivity contribution < 1.29 is 19.1 Å². The summed E-state index contributed by atoms with van der Waals surface area (Å²) in [6.45, 7) is 5.37. The normalized spacial score (nSPS) is 14.6. The largest absolute Gasteiger partial charge is 0.462 e. The Hall–Kier alpha value is -2.95. The second kappa shape index (κ2) is 8.16. The molecule has 1 aromatic carbocycles. The molecule has 1 aromatic heterocycles. The zero-order chi connectivity index (χ0) is 19.4. The van der Waals surface area contributed by atoms with Gasteiger partial charge in [0.25, 0.3) is 0 Å². The summed E-state index contributed by atoms with van der Waals surface area (Å²) >= 11 is 0. The van der Waals surface area contributed by atoms with Crippen molar-refractivity contribution in [3.63, 3.8) is 0 Å². The monoisotopic (exact) mass is 365 g/mol. The van der Waals surface area contributed by atoms with E-state index in [4.69, 9.17) is 14.5 Å². The van der Waals surface area contributed by atoms with E-state index in [-0.39, 0.29) is 11.9 Å². The summed E-state index contributed by atoms with van der Waals surface area (Å²) in [5.74, 6) is -0.122. The molecular formula is C22H23NO4. The number of benzene rings is 1. The third-order valence-corrected chi connectivity index (χ3v) is 4.47. The number of rotatable bonds is 4. The maximum absolute atomic E-state index is 12.1. The molecule has 140 valence electrons. The number of allylic oxidation sites excluding steroid dienone is 1. The molecule has 1 aliphatic carbocycles. The lowest BCUT2D eigenvalue weighted by Gasteiger charge is -2.20. The fourth-order valence-corrected chi connectivity index (χ4v) is 3.26. The van der Waals surface area contributed by atoms with Crippen molar-refractivity contribution in [2.75, 3.05) is 6.61 Å². The Bertz CT molecular complexity index is 897. The number of pyridine rings is 1. The molecule has 1 aliphatic rings. The van der Waals surface area contributed by atoms with Crippen LogP contribution in [0.3, 0.4) is 0 Å². The standard InChI is InChI=1S/C22H23NO4/c1-4-26-22(25)20-13-18-7-5-6-17(21(18)23-14(20)2)12-16-8-10-19(11-9-16)27-15(3)24/h8-13H,4-7H2,1-3H3/b17-12+. The van der Waals surface area contributed by atoms with E-state index < -0.39 is 0 Å². The van der Waals surface area contributed by atoms with Crippen LogP contribution < -0.4 is 4.74 Å². The van der Waals surface area contributed by atoms with Crippen LogP contribution >= 0.6 is 0 Å². The van der Waals surface area contributed by atoms with Crippen LogP contribution in [0.25, 0.3) is 11.6 Å². The summed E-state index contributed by atoms with van der Waals surface area (Å²) in [5.41, 5.74) is 5.43. The number of carbonyl (C=O) groups excluding carboxylic acids is 2. The van der Waals surface area contributed by atoms with E-state index in [0.29, 0.717) is 23.6 Å². The maximum Gasteiger partial charge on any atom is 0.339 e. The molecule has 0 bridgehead atoms. The van der Waals surface area contributed by atoms with Crippen molar-refractivity contribution in [1.29, 1.82) is 0 Å². The minimum Gasteiger partial charge on any atom is -0.462 e. The van der Waals surface area contributed by atoms with E-state index in [1.54, 1.807) is 19.1 Å². The van der Waals surface area contributed by atoms with E-state index >= 15 is 0 Å². The predicted octanol–water partition coefficient (Wildman–Crippen LogP) is 4.37. The van der Waals surface area contributed by atoms with Crippen molar-refractivity contribution in [2.45, 2.75) is 40.0 Å². The number of ether oxygens (including phenoxy) is 2. The number of aryl methyl sites for hydroxylation is 2. The first-order valence-corrected chi connectivity index (χ1v) is 9.15. The number of fused-ring (bicyclic) bond motifs is 1. The number of esters is 2. The minimum absolute atomic E-state index is 0.317. The fraction of sp³-hybridized carbons (Fsp3) is 0.318. The van der Waals surface area contributed by atoms with Crippen molar-refractivity contribution in [1.82, 2.24) is 4.98 Å². The highest BCUT2D eigenvalue weighted by Gasteiger charge is 2.20. The molecule has 5 nitrogen and oxygen atoms in total. The van der Waals surface area contributed by atoms with Gasteiger partial charge in [-0.1, -0.05) is 12.1 Å². The average Bonchev–Trinajstić information content (AvgIpc) is 2.63. The molecule has 0 radical (unpaired) electrons. The van der Waals surface area contributed by atoms with E-state index in [1.807, 2.05) is 25.1 Å². The molecule has 0 N–H and O–H groups in total. The highest BCUT2D eigenvalue weighted by Crippen LogP contribution is 2.32. The van der Waals surface area contributed by atoms with Gasteiger partial charge >= 0.3 is 11.9 Å². The van der Waals surface area contributed by atoms with Crippen LogP contribution in [0.2, 0.25) is 0 Å². The van der Waals surface area contributed by atoms with Gasteiger partial charge in [0.15, 0.2) is 0 Å². The van der Waals surface area contributed by atoms with Crippen molar-refractivity contribution >= 4 is 23.6 Å². The molecule has 0 amide bonds. The summed E-state index contributed by atoms with van der Waals surface area (Å²) < 4.78 is 10.2. The lowest BCUT2D eigenvalue weighted by Crippen LogP contribution is -2.13. The zero-order valence-electron chi connectivity index (χ0n) is 15.9. The number of hydrogen-bond acceptors (Lipinski definition) is 5. The quantitative estimate of drug-likeness (QED) is 0.595. The van der Waals surface area contributed by atoms with Crippen molar-refractivity contribution in [3.05, 3.63) is 58.4 Å². The van der Waals surface area contributed by atoms with Gasteiger partial charge in [0.1, 0.15) is 5.75 Å². The summed E-state index contributed by atoms with van der Waals surface area (Å²) in [4.78, 5) is 27.9. The highest BCUT2D eigenvalue weighted by atomic mass is 16.5. The Balaban J connectivity index is 1.91. The van der Waals surface area contributed by atoms with Gasteiger partial charge in [-0.3, -0.25) is 9.78 Å². The molecule has 0 atom stereocenters. The summed E-state index contributed by atoms with van der Waals surface area (Å²) in [5, 5.41) is 0. The topological polar surface area (TPSA) is 65.5 Å². The molecule has 27 heavy (non-hydrogen) atoms. The van der Waals surface area contributed by atoms with E-state index in [0.717, 1.165) is 41.7 Å². The SMILES string of the molecule is CCOC(=O)c1cc2c(nc1C)/C(=C/c1ccc(OC(C)=O)cc1)CCC2. The van der Waals surface area contributed by atoms with Crippen molar-refractivity contribution in [3.8, 4) is 5.75 Å². The first-order chi connectivity index (χ1) is 13.0. The Morgan fingerprint density at radius 1 is 1.19 bits per heavy atom. The van der Waals surface area contributed by atoms with Crippen LogP contribution in [0.15, 0.2) is 30.3 Å². The maximum atomic E-state index is 12.1. The number of aromatic nitrogens is 1. The molecular weight excluding hydrogens is 342 g/mol. The minimum atomic E-state index is -0.334.